The molecule has 28 heavy (non-hydrogen) atoms. The van der Waals surface area contributed by atoms with Crippen molar-refractivity contribution in [2.24, 2.45) is 0 Å². The smallest absolute Gasteiger partial charge is 0.276 e. The first-order valence-electron chi connectivity index (χ1n) is 9.10. The van der Waals surface area contributed by atoms with Gasteiger partial charge in [0.05, 0.1) is 0 Å². The number of aromatic amines is 1. The Kier molecular flexibility index (Phi) is 4.90. The third-order valence-electron chi connectivity index (χ3n) is 4.71. The number of hydrogen-bond acceptors (Lipinski definition) is 5. The van der Waals surface area contributed by atoms with Crippen LogP contribution in [0, 0.1) is 0 Å². The van der Waals surface area contributed by atoms with Gasteiger partial charge in [0.25, 0.3) is 5.91 Å². The molecule has 0 radical (unpaired) electrons. The maximum atomic E-state index is 12.6. The SMILES string of the molecule is CC(C(=O)Nc1cccc(NC(=O)c2n[nH]c3c2CNCC3)c1)n1cccn1. The molecule has 1 aliphatic heterocycles. The molecule has 1 atom stereocenters. The lowest BCUT2D eigenvalue weighted by Crippen LogP contribution is -2.25. The molecular formula is C19H21N7O2. The molecule has 0 aliphatic carbocycles. The van der Waals surface area contributed by atoms with Crippen LogP contribution in [-0.2, 0) is 17.8 Å². The summed E-state index contributed by atoms with van der Waals surface area (Å²) in [6, 6.07) is 8.33. The van der Waals surface area contributed by atoms with Gasteiger partial charge in [-0.25, -0.2) is 0 Å². The van der Waals surface area contributed by atoms with E-state index in [0.717, 1.165) is 24.2 Å². The summed E-state index contributed by atoms with van der Waals surface area (Å²) in [6.45, 7) is 3.26. The summed E-state index contributed by atoms with van der Waals surface area (Å²) in [5.41, 5.74) is 3.46. The van der Waals surface area contributed by atoms with Crippen LogP contribution in [0.4, 0.5) is 11.4 Å². The molecular weight excluding hydrogens is 358 g/mol. The van der Waals surface area contributed by atoms with Crippen LogP contribution in [0.25, 0.3) is 0 Å². The fourth-order valence-corrected chi connectivity index (χ4v) is 3.15. The summed E-state index contributed by atoms with van der Waals surface area (Å²) in [5.74, 6) is -0.478. The number of nitrogens with one attached hydrogen (secondary N) is 4. The Morgan fingerprint density at radius 3 is 2.82 bits per heavy atom. The number of hydrogen-bond donors (Lipinski definition) is 4. The van der Waals surface area contributed by atoms with Crippen LogP contribution in [0.1, 0.15) is 34.7 Å². The number of fused-ring (bicyclic) bond motifs is 1. The van der Waals surface area contributed by atoms with Gasteiger partial charge in [0.1, 0.15) is 6.04 Å². The molecule has 4 N–H and O–H groups in total. The first-order valence-corrected chi connectivity index (χ1v) is 9.10. The van der Waals surface area contributed by atoms with Crippen LogP contribution in [0.15, 0.2) is 42.7 Å². The van der Waals surface area contributed by atoms with Crippen LogP contribution >= 0.6 is 0 Å². The molecule has 4 rings (SSSR count). The van der Waals surface area contributed by atoms with E-state index in [1.807, 2.05) is 0 Å². The van der Waals surface area contributed by atoms with Crippen molar-refractivity contribution in [1.29, 1.82) is 0 Å². The van der Waals surface area contributed by atoms with Gasteiger partial charge in [0.15, 0.2) is 5.69 Å². The second-order valence-corrected chi connectivity index (χ2v) is 6.64. The molecule has 3 heterocycles. The number of nitrogens with zero attached hydrogens (tertiary/aromatic N) is 3. The van der Waals surface area contributed by atoms with Crippen LogP contribution in [-0.4, -0.2) is 38.3 Å². The first kappa shape index (κ1) is 17.9. The summed E-state index contributed by atoms with van der Waals surface area (Å²) >= 11 is 0. The maximum Gasteiger partial charge on any atom is 0.276 e. The number of anilines is 2. The van der Waals surface area contributed by atoms with Crippen LogP contribution < -0.4 is 16.0 Å². The highest BCUT2D eigenvalue weighted by atomic mass is 16.2. The molecule has 0 saturated carbocycles. The lowest BCUT2D eigenvalue weighted by atomic mass is 10.1. The molecule has 2 aromatic heterocycles. The van der Waals surface area contributed by atoms with Crippen LogP contribution in [0.5, 0.6) is 0 Å². The average molecular weight is 379 g/mol. The predicted octanol–water partition coefficient (Wildman–Crippen LogP) is 1.70. The van der Waals surface area contributed by atoms with Crippen molar-refractivity contribution in [1.82, 2.24) is 25.3 Å². The van der Waals surface area contributed by atoms with Gasteiger partial charge >= 0.3 is 0 Å². The van der Waals surface area contributed by atoms with Gasteiger partial charge in [-0.2, -0.15) is 10.2 Å². The fourth-order valence-electron chi connectivity index (χ4n) is 3.15. The van der Waals surface area contributed by atoms with Gasteiger partial charge in [-0.15, -0.1) is 0 Å². The molecule has 1 aliphatic rings. The number of carbonyl (C=O) groups excluding carboxylic acids is 2. The lowest BCUT2D eigenvalue weighted by Gasteiger charge is -2.14. The van der Waals surface area contributed by atoms with E-state index in [2.05, 4.69) is 31.2 Å². The topological polar surface area (TPSA) is 117 Å². The zero-order chi connectivity index (χ0) is 19.5. The number of amides is 2. The second kappa shape index (κ2) is 7.65. The molecule has 144 valence electrons. The fraction of sp³-hybridized carbons (Fsp3) is 0.263. The summed E-state index contributed by atoms with van der Waals surface area (Å²) in [6.07, 6.45) is 4.19. The highest BCUT2D eigenvalue weighted by Gasteiger charge is 2.22. The zero-order valence-corrected chi connectivity index (χ0v) is 15.4. The lowest BCUT2D eigenvalue weighted by molar-refractivity contribution is -0.119. The van der Waals surface area contributed by atoms with Crippen molar-refractivity contribution < 1.29 is 9.59 Å². The second-order valence-electron chi connectivity index (χ2n) is 6.64. The molecule has 3 aromatic rings. The monoisotopic (exact) mass is 379 g/mol. The average Bonchev–Trinajstić information content (AvgIpc) is 3.37. The number of benzene rings is 1. The van der Waals surface area contributed by atoms with E-state index >= 15 is 0 Å². The van der Waals surface area contributed by atoms with Crippen LogP contribution in [0.3, 0.4) is 0 Å². The number of H-pyrrole nitrogens is 1. The van der Waals surface area contributed by atoms with Crippen molar-refractivity contribution in [2.75, 3.05) is 17.2 Å². The summed E-state index contributed by atoms with van der Waals surface area (Å²) in [7, 11) is 0. The summed E-state index contributed by atoms with van der Waals surface area (Å²) < 4.78 is 1.58. The predicted molar refractivity (Wildman–Crippen MR) is 104 cm³/mol. The Balaban J connectivity index is 1.44. The summed E-state index contributed by atoms with van der Waals surface area (Å²) in [5, 5.41) is 20.1. The van der Waals surface area contributed by atoms with E-state index in [-0.39, 0.29) is 11.8 Å². The standard InChI is InChI=1S/C19H21N7O2/c1-12(26-9-3-7-21-26)18(27)22-13-4-2-5-14(10-13)23-19(28)17-15-11-20-8-6-16(15)24-25-17/h2-5,7,9-10,12,20H,6,8,11H2,1H3,(H,22,27)(H,23,28)(H,24,25). The van der Waals surface area contributed by atoms with Gasteiger partial charge in [0, 0.05) is 54.5 Å². The molecule has 0 spiro atoms. The molecule has 2 amide bonds. The Morgan fingerprint density at radius 1 is 1.21 bits per heavy atom. The third kappa shape index (κ3) is 3.65. The highest BCUT2D eigenvalue weighted by Crippen LogP contribution is 2.20. The van der Waals surface area contributed by atoms with E-state index in [4.69, 9.17) is 0 Å². The van der Waals surface area contributed by atoms with Gasteiger partial charge < -0.3 is 16.0 Å². The van der Waals surface area contributed by atoms with E-state index in [1.165, 1.54) is 0 Å². The van der Waals surface area contributed by atoms with Crippen molar-refractivity contribution in [3.8, 4) is 0 Å². The zero-order valence-electron chi connectivity index (χ0n) is 15.4. The number of aromatic nitrogens is 4. The van der Waals surface area contributed by atoms with E-state index in [9.17, 15) is 9.59 Å². The molecule has 1 unspecified atom stereocenters. The van der Waals surface area contributed by atoms with Gasteiger partial charge in [0.2, 0.25) is 5.91 Å². The van der Waals surface area contributed by atoms with Crippen molar-refractivity contribution in [3.05, 3.63) is 59.7 Å². The number of carbonyl (C=O) groups is 2. The van der Waals surface area contributed by atoms with Crippen molar-refractivity contribution >= 4 is 23.2 Å². The molecule has 0 bridgehead atoms. The third-order valence-corrected chi connectivity index (χ3v) is 4.71. The maximum absolute atomic E-state index is 12.6. The number of rotatable bonds is 5. The summed E-state index contributed by atoms with van der Waals surface area (Å²) in [4.78, 5) is 25.0. The van der Waals surface area contributed by atoms with Crippen molar-refractivity contribution in [3.63, 3.8) is 0 Å². The van der Waals surface area contributed by atoms with Gasteiger partial charge in [-0.3, -0.25) is 19.4 Å². The highest BCUT2D eigenvalue weighted by molar-refractivity contribution is 6.04. The van der Waals surface area contributed by atoms with E-state index < -0.39 is 6.04 Å². The molecule has 1 aromatic carbocycles. The normalized spacial score (nSPS) is 14.2. The van der Waals surface area contributed by atoms with E-state index in [0.29, 0.717) is 23.6 Å². The van der Waals surface area contributed by atoms with Gasteiger partial charge in [-0.05, 0) is 31.2 Å². The van der Waals surface area contributed by atoms with Crippen LogP contribution in [0.2, 0.25) is 0 Å². The molecule has 0 fully saturated rings. The minimum atomic E-state index is -0.448. The van der Waals surface area contributed by atoms with Gasteiger partial charge in [-0.1, -0.05) is 6.07 Å². The Bertz CT molecular complexity index is 994. The first-order chi connectivity index (χ1) is 13.6. The van der Waals surface area contributed by atoms with Crippen molar-refractivity contribution in [2.45, 2.75) is 25.9 Å². The minimum absolute atomic E-state index is 0.195. The Morgan fingerprint density at radius 2 is 2.04 bits per heavy atom. The van der Waals surface area contributed by atoms with E-state index in [1.54, 1.807) is 54.3 Å². The Labute approximate surface area is 161 Å². The minimum Gasteiger partial charge on any atom is -0.324 e. The Hall–Kier alpha value is -3.46. The molecule has 9 nitrogen and oxygen atoms in total. The molecule has 9 heteroatoms. The molecule has 0 saturated heterocycles. The quantitative estimate of drug-likeness (QED) is 0.538. The largest absolute Gasteiger partial charge is 0.324 e.